The highest BCUT2D eigenvalue weighted by Crippen LogP contribution is 2.28. The zero-order chi connectivity index (χ0) is 12.8. The highest BCUT2D eigenvalue weighted by atomic mass is 79.9. The number of halogens is 2. The highest BCUT2D eigenvalue weighted by Gasteiger charge is 2.11. The molecule has 0 aliphatic heterocycles. The van der Waals surface area contributed by atoms with Crippen molar-refractivity contribution >= 4 is 15.9 Å². The van der Waals surface area contributed by atoms with Crippen molar-refractivity contribution in [3.63, 3.8) is 0 Å². The summed E-state index contributed by atoms with van der Waals surface area (Å²) in [5, 5.41) is 0. The molecule has 1 aromatic rings. The zero-order valence-corrected chi connectivity index (χ0v) is 11.6. The van der Waals surface area contributed by atoms with E-state index in [0.717, 1.165) is 0 Å². The van der Waals surface area contributed by atoms with Gasteiger partial charge in [0.1, 0.15) is 6.61 Å². The molecule has 1 aromatic carbocycles. The standard InChI is InChI=1S/C12H17BrFNO2/c1-8(2)16-5-6-17-10-4-3-9(7-15)11(13)12(10)14/h3-4,8H,5-7,15H2,1-2H3. The average Bonchev–Trinajstić information content (AvgIpc) is 2.29. The van der Waals surface area contributed by atoms with Gasteiger partial charge in [-0.1, -0.05) is 6.07 Å². The summed E-state index contributed by atoms with van der Waals surface area (Å²) in [5.41, 5.74) is 6.18. The first-order valence-corrected chi connectivity index (χ1v) is 6.27. The minimum absolute atomic E-state index is 0.148. The van der Waals surface area contributed by atoms with E-state index in [9.17, 15) is 4.39 Å². The third-order valence-corrected chi connectivity index (χ3v) is 3.00. The SMILES string of the molecule is CC(C)OCCOc1ccc(CN)c(Br)c1F. The molecule has 0 bridgehead atoms. The maximum absolute atomic E-state index is 13.8. The minimum atomic E-state index is -0.419. The highest BCUT2D eigenvalue weighted by molar-refractivity contribution is 9.10. The second kappa shape index (κ2) is 6.93. The van der Waals surface area contributed by atoms with E-state index in [1.54, 1.807) is 12.1 Å². The molecule has 0 amide bonds. The zero-order valence-electron chi connectivity index (χ0n) is 10.0. The van der Waals surface area contributed by atoms with Crippen molar-refractivity contribution in [2.24, 2.45) is 5.73 Å². The topological polar surface area (TPSA) is 44.5 Å². The summed E-state index contributed by atoms with van der Waals surface area (Å²) in [6.07, 6.45) is 0.148. The Kier molecular flexibility index (Phi) is 5.88. The van der Waals surface area contributed by atoms with Gasteiger partial charge in [0.05, 0.1) is 17.2 Å². The molecule has 0 unspecified atom stereocenters. The Labute approximate surface area is 109 Å². The largest absolute Gasteiger partial charge is 0.488 e. The number of benzene rings is 1. The van der Waals surface area contributed by atoms with E-state index in [2.05, 4.69) is 15.9 Å². The number of hydrogen-bond acceptors (Lipinski definition) is 3. The first-order chi connectivity index (χ1) is 8.06. The molecule has 0 radical (unpaired) electrons. The molecule has 0 heterocycles. The van der Waals surface area contributed by atoms with Crippen LogP contribution in [-0.4, -0.2) is 19.3 Å². The monoisotopic (exact) mass is 305 g/mol. The molecule has 0 fully saturated rings. The number of nitrogens with two attached hydrogens (primary N) is 1. The van der Waals surface area contributed by atoms with Gasteiger partial charge in [-0.15, -0.1) is 0 Å². The van der Waals surface area contributed by atoms with Gasteiger partial charge in [0, 0.05) is 6.54 Å². The van der Waals surface area contributed by atoms with E-state index < -0.39 is 5.82 Å². The maximum Gasteiger partial charge on any atom is 0.179 e. The molecule has 17 heavy (non-hydrogen) atoms. The van der Waals surface area contributed by atoms with E-state index in [-0.39, 0.29) is 18.4 Å². The van der Waals surface area contributed by atoms with Gasteiger partial charge in [-0.2, -0.15) is 0 Å². The number of hydrogen-bond donors (Lipinski definition) is 1. The predicted octanol–water partition coefficient (Wildman–Crippen LogP) is 2.85. The molecule has 5 heteroatoms. The summed E-state index contributed by atoms with van der Waals surface area (Å²) in [6.45, 7) is 4.92. The molecule has 0 saturated heterocycles. The van der Waals surface area contributed by atoms with Crippen LogP contribution in [0.15, 0.2) is 16.6 Å². The van der Waals surface area contributed by atoms with Crippen molar-refractivity contribution < 1.29 is 13.9 Å². The Hall–Kier alpha value is -0.650. The second-order valence-electron chi connectivity index (χ2n) is 3.82. The van der Waals surface area contributed by atoms with Gasteiger partial charge in [-0.05, 0) is 41.4 Å². The van der Waals surface area contributed by atoms with Gasteiger partial charge < -0.3 is 15.2 Å². The van der Waals surface area contributed by atoms with Gasteiger partial charge in [0.25, 0.3) is 0 Å². The quantitative estimate of drug-likeness (QED) is 0.822. The van der Waals surface area contributed by atoms with Crippen LogP contribution in [0, 0.1) is 5.82 Å². The summed E-state index contributed by atoms with van der Waals surface area (Å²) in [5.74, 6) is -0.209. The van der Waals surface area contributed by atoms with Crippen molar-refractivity contribution in [2.75, 3.05) is 13.2 Å². The molecule has 0 atom stereocenters. The summed E-state index contributed by atoms with van der Waals surface area (Å²) < 4.78 is 24.7. The van der Waals surface area contributed by atoms with Gasteiger partial charge in [-0.25, -0.2) is 4.39 Å². The lowest BCUT2D eigenvalue weighted by molar-refractivity contribution is 0.0544. The van der Waals surface area contributed by atoms with Crippen molar-refractivity contribution in [1.29, 1.82) is 0 Å². The van der Waals surface area contributed by atoms with Crippen LogP contribution in [0.25, 0.3) is 0 Å². The molecule has 0 spiro atoms. The Morgan fingerprint density at radius 1 is 1.35 bits per heavy atom. The van der Waals surface area contributed by atoms with Crippen LogP contribution in [0.5, 0.6) is 5.75 Å². The van der Waals surface area contributed by atoms with E-state index in [4.69, 9.17) is 15.2 Å². The first-order valence-electron chi connectivity index (χ1n) is 5.47. The van der Waals surface area contributed by atoms with E-state index >= 15 is 0 Å². The second-order valence-corrected chi connectivity index (χ2v) is 4.62. The molecule has 0 aromatic heterocycles. The van der Waals surface area contributed by atoms with Crippen LogP contribution in [-0.2, 0) is 11.3 Å². The molecule has 1 rings (SSSR count). The van der Waals surface area contributed by atoms with E-state index in [1.807, 2.05) is 13.8 Å². The summed E-state index contributed by atoms with van der Waals surface area (Å²) in [7, 11) is 0. The normalized spacial score (nSPS) is 10.9. The van der Waals surface area contributed by atoms with Gasteiger partial charge in [-0.3, -0.25) is 0 Å². The molecule has 3 nitrogen and oxygen atoms in total. The lowest BCUT2D eigenvalue weighted by Crippen LogP contribution is -2.12. The Morgan fingerprint density at radius 3 is 2.65 bits per heavy atom. The summed E-state index contributed by atoms with van der Waals surface area (Å²) >= 11 is 3.16. The fraction of sp³-hybridized carbons (Fsp3) is 0.500. The first kappa shape index (κ1) is 14.4. The van der Waals surface area contributed by atoms with E-state index in [1.165, 1.54) is 0 Å². The van der Waals surface area contributed by atoms with E-state index in [0.29, 0.717) is 23.2 Å². The molecule has 0 aliphatic rings. The number of ether oxygens (including phenoxy) is 2. The molecule has 0 aliphatic carbocycles. The fourth-order valence-electron chi connectivity index (χ4n) is 1.28. The van der Waals surface area contributed by atoms with Crippen LogP contribution in [0.3, 0.4) is 0 Å². The molecular formula is C12H17BrFNO2. The predicted molar refractivity (Wildman–Crippen MR) is 68.6 cm³/mol. The van der Waals surface area contributed by atoms with Crippen molar-refractivity contribution in [3.05, 3.63) is 28.0 Å². The maximum atomic E-state index is 13.8. The lowest BCUT2D eigenvalue weighted by atomic mass is 10.2. The lowest BCUT2D eigenvalue weighted by Gasteiger charge is -2.11. The van der Waals surface area contributed by atoms with Crippen LogP contribution in [0.2, 0.25) is 0 Å². The summed E-state index contributed by atoms with van der Waals surface area (Å²) in [4.78, 5) is 0. The Morgan fingerprint density at radius 2 is 2.06 bits per heavy atom. The number of rotatable bonds is 6. The third-order valence-electron chi connectivity index (χ3n) is 2.14. The van der Waals surface area contributed by atoms with Crippen molar-refractivity contribution in [2.45, 2.75) is 26.5 Å². The molecule has 2 N–H and O–H groups in total. The summed E-state index contributed by atoms with van der Waals surface area (Å²) in [6, 6.07) is 3.32. The Bertz CT molecular complexity index is 372. The van der Waals surface area contributed by atoms with Crippen molar-refractivity contribution in [3.8, 4) is 5.75 Å². The average molecular weight is 306 g/mol. The van der Waals surface area contributed by atoms with Crippen molar-refractivity contribution in [1.82, 2.24) is 0 Å². The minimum Gasteiger partial charge on any atom is -0.488 e. The molecule has 0 saturated carbocycles. The van der Waals surface area contributed by atoms with Gasteiger partial charge in [0.2, 0.25) is 0 Å². The molecule has 96 valence electrons. The van der Waals surface area contributed by atoms with Gasteiger partial charge in [0.15, 0.2) is 11.6 Å². The van der Waals surface area contributed by atoms with Crippen LogP contribution >= 0.6 is 15.9 Å². The molecular weight excluding hydrogens is 289 g/mol. The fourth-order valence-corrected chi connectivity index (χ4v) is 1.77. The Balaban J connectivity index is 2.57. The smallest absolute Gasteiger partial charge is 0.179 e. The van der Waals surface area contributed by atoms with Crippen LogP contribution < -0.4 is 10.5 Å². The van der Waals surface area contributed by atoms with Crippen LogP contribution in [0.4, 0.5) is 4.39 Å². The third kappa shape index (κ3) is 4.26. The van der Waals surface area contributed by atoms with Gasteiger partial charge >= 0.3 is 0 Å². The van der Waals surface area contributed by atoms with Crippen LogP contribution in [0.1, 0.15) is 19.4 Å².